The zero-order chi connectivity index (χ0) is 12.4. The third-order valence-corrected chi connectivity index (χ3v) is 3.31. The number of hydrogen-bond acceptors (Lipinski definition) is 5. The van der Waals surface area contributed by atoms with Crippen LogP contribution < -0.4 is 11.1 Å². The van der Waals surface area contributed by atoms with Crippen molar-refractivity contribution in [2.75, 3.05) is 11.1 Å². The lowest BCUT2D eigenvalue weighted by molar-refractivity contribution is 0.280. The monoisotopic (exact) mass is 255 g/mol. The van der Waals surface area contributed by atoms with Crippen LogP contribution in [0.15, 0.2) is 0 Å². The first-order valence-corrected chi connectivity index (χ1v) is 6.34. The summed E-state index contributed by atoms with van der Waals surface area (Å²) in [5, 5.41) is 3.43. The molecule has 2 atom stereocenters. The molecule has 0 radical (unpaired) electrons. The Hall–Kier alpha value is -1.10. The second-order valence-electron chi connectivity index (χ2n) is 5.04. The number of nitrogens with one attached hydrogen (secondary N) is 1. The van der Waals surface area contributed by atoms with Crippen molar-refractivity contribution in [1.82, 2.24) is 15.0 Å². The minimum atomic E-state index is 0.136. The van der Waals surface area contributed by atoms with E-state index in [1.165, 1.54) is 6.42 Å². The first-order chi connectivity index (χ1) is 8.02. The first kappa shape index (κ1) is 12.4. The van der Waals surface area contributed by atoms with Gasteiger partial charge in [0, 0.05) is 6.04 Å². The smallest absolute Gasteiger partial charge is 0.229 e. The quantitative estimate of drug-likeness (QED) is 0.848. The fraction of sp³-hybridized carbons (Fsp3) is 0.727. The summed E-state index contributed by atoms with van der Waals surface area (Å²) in [6.45, 7) is 4.55. The summed E-state index contributed by atoms with van der Waals surface area (Å²) in [7, 11) is 0. The van der Waals surface area contributed by atoms with Crippen LogP contribution in [0.1, 0.15) is 33.1 Å². The summed E-state index contributed by atoms with van der Waals surface area (Å²) in [4.78, 5) is 11.8. The molecule has 1 aromatic heterocycles. The van der Waals surface area contributed by atoms with E-state index in [2.05, 4.69) is 34.1 Å². The standard InChI is InChI=1S/C11H18ClN5/c1-6-3-7(2)5-8(4-6)14-11-16-9(12)15-10(13)17-11/h6-8H,3-5H2,1-2H3,(H3,13,14,15,16,17). The van der Waals surface area contributed by atoms with Gasteiger partial charge in [-0.1, -0.05) is 13.8 Å². The normalized spacial score (nSPS) is 29.0. The fourth-order valence-electron chi connectivity index (χ4n) is 2.68. The number of hydrogen-bond donors (Lipinski definition) is 2. The van der Waals surface area contributed by atoms with Crippen LogP contribution in [0, 0.1) is 11.8 Å². The van der Waals surface area contributed by atoms with Crippen LogP contribution in [-0.4, -0.2) is 21.0 Å². The van der Waals surface area contributed by atoms with Gasteiger partial charge >= 0.3 is 0 Å². The predicted molar refractivity (Wildman–Crippen MR) is 68.8 cm³/mol. The van der Waals surface area contributed by atoms with Crippen LogP contribution in [0.25, 0.3) is 0 Å². The van der Waals surface area contributed by atoms with Crippen molar-refractivity contribution < 1.29 is 0 Å². The van der Waals surface area contributed by atoms with Gasteiger partial charge in [-0.25, -0.2) is 0 Å². The van der Waals surface area contributed by atoms with Gasteiger partial charge in [-0.2, -0.15) is 15.0 Å². The Bertz CT molecular complexity index is 367. The molecule has 1 saturated carbocycles. The highest BCUT2D eigenvalue weighted by Gasteiger charge is 2.24. The molecule has 6 heteroatoms. The van der Waals surface area contributed by atoms with Crippen molar-refractivity contribution in [2.24, 2.45) is 11.8 Å². The molecule has 17 heavy (non-hydrogen) atoms. The second kappa shape index (κ2) is 5.04. The maximum absolute atomic E-state index is 5.74. The fourth-order valence-corrected chi connectivity index (χ4v) is 2.84. The van der Waals surface area contributed by atoms with Crippen molar-refractivity contribution in [2.45, 2.75) is 39.2 Å². The number of anilines is 2. The summed E-state index contributed by atoms with van der Waals surface area (Å²) in [6, 6.07) is 0.395. The van der Waals surface area contributed by atoms with Gasteiger partial charge in [0.1, 0.15) is 0 Å². The molecule has 1 aliphatic carbocycles. The van der Waals surface area contributed by atoms with E-state index in [0.29, 0.717) is 12.0 Å². The van der Waals surface area contributed by atoms with Crippen molar-refractivity contribution in [3.8, 4) is 0 Å². The van der Waals surface area contributed by atoms with Gasteiger partial charge < -0.3 is 11.1 Å². The lowest BCUT2D eigenvalue weighted by atomic mass is 9.80. The summed E-state index contributed by atoms with van der Waals surface area (Å²) in [5.41, 5.74) is 5.53. The lowest BCUT2D eigenvalue weighted by Crippen LogP contribution is -2.31. The largest absolute Gasteiger partial charge is 0.368 e. The van der Waals surface area contributed by atoms with Crippen LogP contribution >= 0.6 is 11.6 Å². The van der Waals surface area contributed by atoms with Gasteiger partial charge in [0.05, 0.1) is 0 Å². The Morgan fingerprint density at radius 3 is 2.35 bits per heavy atom. The molecule has 3 N–H and O–H groups in total. The van der Waals surface area contributed by atoms with E-state index in [0.717, 1.165) is 24.7 Å². The van der Waals surface area contributed by atoms with Crippen LogP contribution in [0.3, 0.4) is 0 Å². The van der Waals surface area contributed by atoms with Gasteiger partial charge in [-0.15, -0.1) is 0 Å². The zero-order valence-electron chi connectivity index (χ0n) is 10.2. The van der Waals surface area contributed by atoms with Crippen molar-refractivity contribution >= 4 is 23.5 Å². The maximum Gasteiger partial charge on any atom is 0.229 e. The van der Waals surface area contributed by atoms with E-state index in [1.807, 2.05) is 0 Å². The third kappa shape index (κ3) is 3.43. The van der Waals surface area contributed by atoms with E-state index in [-0.39, 0.29) is 11.2 Å². The highest BCUT2D eigenvalue weighted by atomic mass is 35.5. The molecule has 0 spiro atoms. The Morgan fingerprint density at radius 1 is 1.12 bits per heavy atom. The highest BCUT2D eigenvalue weighted by molar-refractivity contribution is 6.28. The molecule has 2 unspecified atom stereocenters. The van der Waals surface area contributed by atoms with E-state index < -0.39 is 0 Å². The molecule has 2 rings (SSSR count). The van der Waals surface area contributed by atoms with Gasteiger partial charge in [0.15, 0.2) is 0 Å². The summed E-state index contributed by atoms with van der Waals surface area (Å²) in [5.74, 6) is 2.09. The average molecular weight is 256 g/mol. The lowest BCUT2D eigenvalue weighted by Gasteiger charge is -2.31. The topological polar surface area (TPSA) is 76.7 Å². The molecule has 1 aromatic rings. The number of rotatable bonds is 2. The number of nitrogen functional groups attached to an aromatic ring is 1. The molecule has 94 valence electrons. The zero-order valence-corrected chi connectivity index (χ0v) is 10.9. The Morgan fingerprint density at radius 2 is 1.76 bits per heavy atom. The summed E-state index contributed by atoms with van der Waals surface area (Å²) < 4.78 is 0. The number of aromatic nitrogens is 3. The van der Waals surface area contributed by atoms with Crippen LogP contribution in [0.5, 0.6) is 0 Å². The van der Waals surface area contributed by atoms with Crippen LogP contribution in [-0.2, 0) is 0 Å². The molecule has 0 saturated heterocycles. The van der Waals surface area contributed by atoms with Crippen molar-refractivity contribution in [3.05, 3.63) is 5.28 Å². The molecule has 1 fully saturated rings. The van der Waals surface area contributed by atoms with E-state index in [9.17, 15) is 0 Å². The van der Waals surface area contributed by atoms with Gasteiger partial charge in [-0.05, 0) is 42.7 Å². The van der Waals surface area contributed by atoms with E-state index in [1.54, 1.807) is 0 Å². The second-order valence-corrected chi connectivity index (χ2v) is 5.38. The third-order valence-electron chi connectivity index (χ3n) is 3.14. The number of nitrogens with two attached hydrogens (primary N) is 1. The number of nitrogens with zero attached hydrogens (tertiary/aromatic N) is 3. The Labute approximate surface area is 106 Å². The van der Waals surface area contributed by atoms with Crippen molar-refractivity contribution in [1.29, 1.82) is 0 Å². The van der Waals surface area contributed by atoms with E-state index in [4.69, 9.17) is 17.3 Å². The molecule has 5 nitrogen and oxygen atoms in total. The molecular formula is C11H18ClN5. The molecular weight excluding hydrogens is 238 g/mol. The predicted octanol–water partition coefficient (Wildman–Crippen LogP) is 2.34. The highest BCUT2D eigenvalue weighted by Crippen LogP contribution is 2.29. The SMILES string of the molecule is CC1CC(C)CC(Nc2nc(N)nc(Cl)n2)C1. The summed E-state index contributed by atoms with van der Waals surface area (Å²) in [6.07, 6.45) is 3.55. The minimum absolute atomic E-state index is 0.136. The number of halogens is 1. The van der Waals surface area contributed by atoms with Crippen LogP contribution in [0.4, 0.5) is 11.9 Å². The Kier molecular flexibility index (Phi) is 3.66. The average Bonchev–Trinajstić information content (AvgIpc) is 2.13. The maximum atomic E-state index is 5.74. The molecule has 1 heterocycles. The molecule has 0 amide bonds. The van der Waals surface area contributed by atoms with Gasteiger partial charge in [-0.3, -0.25) is 0 Å². The van der Waals surface area contributed by atoms with Crippen molar-refractivity contribution in [3.63, 3.8) is 0 Å². The molecule has 0 bridgehead atoms. The molecule has 0 aliphatic heterocycles. The summed E-state index contributed by atoms with van der Waals surface area (Å²) >= 11 is 5.74. The van der Waals surface area contributed by atoms with E-state index >= 15 is 0 Å². The van der Waals surface area contributed by atoms with Crippen LogP contribution in [0.2, 0.25) is 5.28 Å². The molecule has 0 aromatic carbocycles. The minimum Gasteiger partial charge on any atom is -0.368 e. The first-order valence-electron chi connectivity index (χ1n) is 5.96. The van der Waals surface area contributed by atoms with Gasteiger partial charge in [0.25, 0.3) is 0 Å². The van der Waals surface area contributed by atoms with Gasteiger partial charge in [0.2, 0.25) is 17.2 Å². The molecule has 1 aliphatic rings. The Balaban J connectivity index is 2.04.